The fourth-order valence-electron chi connectivity index (χ4n) is 1.00. The Hall–Kier alpha value is -0.820. The lowest BCUT2D eigenvalue weighted by Gasteiger charge is -2.40. The molecule has 0 heterocycles. The number of halogens is 5. The standard InChI is InChI=1S/C8H9F5OS/c1-6(14)7-2-4-8(5-3-7)15(9,10,11,12)13/h2-6,14H,1H3. The van der Waals surface area contributed by atoms with Crippen molar-refractivity contribution in [3.63, 3.8) is 0 Å². The molecule has 1 rings (SSSR count). The van der Waals surface area contributed by atoms with Crippen LogP contribution in [0.3, 0.4) is 0 Å². The lowest BCUT2D eigenvalue weighted by molar-refractivity contribution is 0.199. The molecule has 0 fully saturated rings. The van der Waals surface area contributed by atoms with E-state index in [2.05, 4.69) is 0 Å². The predicted octanol–water partition coefficient (Wildman–Crippen LogP) is 4.40. The molecule has 0 amide bonds. The van der Waals surface area contributed by atoms with Gasteiger partial charge in [-0.05, 0) is 24.6 Å². The van der Waals surface area contributed by atoms with Crippen LogP contribution in [0.2, 0.25) is 0 Å². The Morgan fingerprint density at radius 3 is 1.67 bits per heavy atom. The molecular weight excluding hydrogens is 239 g/mol. The van der Waals surface area contributed by atoms with Crippen molar-refractivity contribution >= 4 is 10.2 Å². The summed E-state index contributed by atoms with van der Waals surface area (Å²) in [6.45, 7) is 1.33. The number of hydrogen-bond donors (Lipinski definition) is 1. The third kappa shape index (κ3) is 3.07. The van der Waals surface area contributed by atoms with Gasteiger partial charge in [0.25, 0.3) is 0 Å². The zero-order chi connectivity index (χ0) is 12.0. The maximum Gasteiger partial charge on any atom is 0.310 e. The van der Waals surface area contributed by atoms with Gasteiger partial charge in [0.2, 0.25) is 0 Å². The SMILES string of the molecule is CC(O)c1ccc(S(F)(F)(F)(F)F)cc1. The summed E-state index contributed by atoms with van der Waals surface area (Å²) in [5, 5.41) is 8.99. The number of benzene rings is 1. The fraction of sp³-hybridized carbons (Fsp3) is 0.250. The minimum Gasteiger partial charge on any atom is -0.389 e. The first-order chi connectivity index (χ1) is 6.40. The molecule has 0 saturated heterocycles. The van der Waals surface area contributed by atoms with E-state index in [9.17, 15) is 19.4 Å². The van der Waals surface area contributed by atoms with Gasteiger partial charge in [-0.15, -0.1) is 0 Å². The van der Waals surface area contributed by atoms with Crippen LogP contribution in [-0.2, 0) is 0 Å². The molecule has 7 heteroatoms. The van der Waals surface area contributed by atoms with Gasteiger partial charge in [-0.25, -0.2) is 0 Å². The Morgan fingerprint density at radius 2 is 1.40 bits per heavy atom. The molecule has 0 aliphatic rings. The minimum absolute atomic E-state index is 0.153. The Balaban J connectivity index is 3.23. The highest BCUT2D eigenvalue weighted by atomic mass is 32.5. The molecule has 0 aliphatic heterocycles. The number of rotatable bonds is 2. The fourth-order valence-corrected chi connectivity index (χ4v) is 1.65. The van der Waals surface area contributed by atoms with Crippen LogP contribution >= 0.6 is 10.2 Å². The first-order valence-electron chi connectivity index (χ1n) is 3.92. The van der Waals surface area contributed by atoms with Crippen LogP contribution in [-0.4, -0.2) is 5.11 Å². The number of aliphatic hydroxyl groups excluding tert-OH is 1. The first kappa shape index (κ1) is 12.3. The van der Waals surface area contributed by atoms with Crippen molar-refractivity contribution < 1.29 is 24.5 Å². The van der Waals surface area contributed by atoms with Gasteiger partial charge < -0.3 is 5.11 Å². The summed E-state index contributed by atoms with van der Waals surface area (Å²) in [7, 11) is -9.57. The van der Waals surface area contributed by atoms with Crippen molar-refractivity contribution in [2.45, 2.75) is 17.9 Å². The monoisotopic (exact) mass is 248 g/mol. The zero-order valence-corrected chi connectivity index (χ0v) is 8.45. The second-order valence-corrected chi connectivity index (χ2v) is 5.62. The lowest BCUT2D eigenvalue weighted by Crippen LogP contribution is -2.06. The summed E-state index contributed by atoms with van der Waals surface area (Å²) in [6.07, 6.45) is -0.988. The summed E-state index contributed by atoms with van der Waals surface area (Å²) in [5.74, 6) is 0. The molecule has 0 bridgehead atoms. The van der Waals surface area contributed by atoms with Gasteiger partial charge in [0, 0.05) is 0 Å². The molecule has 1 nitrogen and oxygen atoms in total. The van der Waals surface area contributed by atoms with Crippen LogP contribution in [0.25, 0.3) is 0 Å². The maximum atomic E-state index is 12.2. The molecule has 0 aliphatic carbocycles. The van der Waals surface area contributed by atoms with E-state index in [4.69, 9.17) is 5.11 Å². The molecular formula is C8H9F5OS. The number of aliphatic hydroxyl groups is 1. The minimum atomic E-state index is -9.57. The molecule has 15 heavy (non-hydrogen) atoms. The van der Waals surface area contributed by atoms with Gasteiger partial charge in [-0.2, -0.15) is 0 Å². The van der Waals surface area contributed by atoms with Crippen LogP contribution in [0, 0.1) is 0 Å². The molecule has 0 saturated carbocycles. The molecule has 1 N–H and O–H groups in total. The highest BCUT2D eigenvalue weighted by molar-refractivity contribution is 8.45. The normalized spacial score (nSPS) is 19.1. The average molecular weight is 248 g/mol. The molecule has 1 aromatic rings. The Morgan fingerprint density at radius 1 is 1.00 bits per heavy atom. The van der Waals surface area contributed by atoms with Crippen LogP contribution in [0.4, 0.5) is 19.4 Å². The molecule has 88 valence electrons. The molecule has 0 spiro atoms. The van der Waals surface area contributed by atoms with Crippen LogP contribution in [0.15, 0.2) is 29.2 Å². The van der Waals surface area contributed by atoms with E-state index in [1.165, 1.54) is 6.92 Å². The van der Waals surface area contributed by atoms with Gasteiger partial charge >= 0.3 is 10.2 Å². The summed E-state index contributed by atoms with van der Waals surface area (Å²) < 4.78 is 61.1. The topological polar surface area (TPSA) is 20.2 Å². The quantitative estimate of drug-likeness (QED) is 0.769. The van der Waals surface area contributed by atoms with Gasteiger partial charge in [0.05, 0.1) is 6.10 Å². The van der Waals surface area contributed by atoms with E-state index in [0.717, 1.165) is 12.1 Å². The van der Waals surface area contributed by atoms with E-state index >= 15 is 0 Å². The second-order valence-electron chi connectivity index (χ2n) is 3.21. The third-order valence-electron chi connectivity index (χ3n) is 1.81. The van der Waals surface area contributed by atoms with Crippen molar-refractivity contribution in [2.24, 2.45) is 0 Å². The van der Waals surface area contributed by atoms with Crippen molar-refractivity contribution in [1.82, 2.24) is 0 Å². The van der Waals surface area contributed by atoms with Crippen LogP contribution < -0.4 is 0 Å². The summed E-state index contributed by atoms with van der Waals surface area (Å²) in [5.41, 5.74) is 0.153. The molecule has 0 radical (unpaired) electrons. The highest BCUT2D eigenvalue weighted by Crippen LogP contribution is 3.02. The van der Waals surface area contributed by atoms with Gasteiger partial charge in [0.1, 0.15) is 4.90 Å². The predicted molar refractivity (Wildman–Crippen MR) is 48.5 cm³/mol. The smallest absolute Gasteiger partial charge is 0.310 e. The van der Waals surface area contributed by atoms with Gasteiger partial charge in [-0.1, -0.05) is 31.6 Å². The van der Waals surface area contributed by atoms with Gasteiger partial charge in [0.15, 0.2) is 0 Å². The summed E-state index contributed by atoms with van der Waals surface area (Å²) in [4.78, 5) is -1.94. The number of hydrogen-bond acceptors (Lipinski definition) is 1. The van der Waals surface area contributed by atoms with E-state index in [1.807, 2.05) is 0 Å². The van der Waals surface area contributed by atoms with E-state index in [0.29, 0.717) is 0 Å². The second kappa shape index (κ2) is 2.65. The van der Waals surface area contributed by atoms with Crippen LogP contribution in [0.1, 0.15) is 18.6 Å². The van der Waals surface area contributed by atoms with Crippen molar-refractivity contribution in [1.29, 1.82) is 0 Å². The first-order valence-corrected chi connectivity index (χ1v) is 5.87. The molecule has 1 aromatic carbocycles. The molecule has 1 unspecified atom stereocenters. The Labute approximate surface area is 83.3 Å². The van der Waals surface area contributed by atoms with Crippen LogP contribution in [0.5, 0.6) is 0 Å². The third-order valence-corrected chi connectivity index (χ3v) is 2.97. The summed E-state index contributed by atoms with van der Waals surface area (Å²) >= 11 is 0. The molecule has 1 atom stereocenters. The molecule has 0 aromatic heterocycles. The van der Waals surface area contributed by atoms with Crippen molar-refractivity contribution in [3.8, 4) is 0 Å². The van der Waals surface area contributed by atoms with Crippen molar-refractivity contribution in [2.75, 3.05) is 0 Å². The Kier molecular flexibility index (Phi) is 2.16. The average Bonchev–Trinajstić information content (AvgIpc) is 2.00. The van der Waals surface area contributed by atoms with Gasteiger partial charge in [-0.3, -0.25) is 0 Å². The highest BCUT2D eigenvalue weighted by Gasteiger charge is 2.65. The van der Waals surface area contributed by atoms with E-state index < -0.39 is 21.2 Å². The zero-order valence-electron chi connectivity index (χ0n) is 7.63. The Bertz CT molecular complexity index is 365. The van der Waals surface area contributed by atoms with E-state index in [-0.39, 0.29) is 17.7 Å². The largest absolute Gasteiger partial charge is 0.389 e. The maximum absolute atomic E-state index is 12.2. The van der Waals surface area contributed by atoms with E-state index in [1.54, 1.807) is 0 Å². The van der Waals surface area contributed by atoms with Crippen molar-refractivity contribution in [3.05, 3.63) is 29.8 Å². The lowest BCUT2D eigenvalue weighted by atomic mass is 10.1. The summed E-state index contributed by atoms with van der Waals surface area (Å²) in [6, 6.07) is 2.23.